The molecule has 0 amide bonds. The van der Waals surface area contributed by atoms with Crippen LogP contribution in [0.1, 0.15) is 51.9 Å². The Kier molecular flexibility index (Phi) is 5.98. The Morgan fingerprint density at radius 3 is 2.85 bits per heavy atom. The SMILES string of the molecule is CCCCCN1CCCCC1CCOc1ccc2oc3ccccc3c2c1. The van der Waals surface area contributed by atoms with Crippen LogP contribution in [-0.2, 0) is 0 Å². The topological polar surface area (TPSA) is 25.6 Å². The minimum absolute atomic E-state index is 0.689. The van der Waals surface area contributed by atoms with Crippen LogP contribution in [0, 0.1) is 0 Å². The quantitative estimate of drug-likeness (QED) is 0.432. The number of unbranched alkanes of at least 4 members (excludes halogenated alkanes) is 2. The van der Waals surface area contributed by atoms with Crippen molar-refractivity contribution in [3.05, 3.63) is 42.5 Å². The van der Waals surface area contributed by atoms with Crippen molar-refractivity contribution >= 4 is 21.9 Å². The van der Waals surface area contributed by atoms with E-state index in [4.69, 9.17) is 9.15 Å². The molecular formula is C24H31NO2. The number of hydrogen-bond acceptors (Lipinski definition) is 3. The highest BCUT2D eigenvalue weighted by molar-refractivity contribution is 6.05. The molecule has 3 heteroatoms. The lowest BCUT2D eigenvalue weighted by Crippen LogP contribution is -2.40. The molecule has 3 aromatic rings. The summed E-state index contributed by atoms with van der Waals surface area (Å²) in [6.07, 6.45) is 9.13. The second kappa shape index (κ2) is 8.79. The van der Waals surface area contributed by atoms with E-state index in [0.717, 1.165) is 40.7 Å². The maximum absolute atomic E-state index is 6.14. The van der Waals surface area contributed by atoms with Crippen LogP contribution < -0.4 is 4.74 Å². The number of ether oxygens (including phenoxy) is 1. The minimum atomic E-state index is 0.689. The van der Waals surface area contributed by atoms with Crippen LogP contribution in [-0.4, -0.2) is 30.6 Å². The summed E-state index contributed by atoms with van der Waals surface area (Å²) in [4.78, 5) is 2.70. The molecule has 1 aliphatic heterocycles. The molecular weight excluding hydrogens is 334 g/mol. The van der Waals surface area contributed by atoms with E-state index in [2.05, 4.69) is 30.0 Å². The zero-order valence-electron chi connectivity index (χ0n) is 16.5. The molecule has 2 heterocycles. The molecule has 4 rings (SSSR count). The van der Waals surface area contributed by atoms with Crippen molar-refractivity contribution in [1.82, 2.24) is 4.90 Å². The fraction of sp³-hybridized carbons (Fsp3) is 0.500. The van der Waals surface area contributed by atoms with Crippen LogP contribution in [0.5, 0.6) is 5.75 Å². The van der Waals surface area contributed by atoms with E-state index in [1.165, 1.54) is 51.6 Å². The normalized spacial score (nSPS) is 18.3. The number of para-hydroxylation sites is 1. The van der Waals surface area contributed by atoms with Gasteiger partial charge in [-0.3, -0.25) is 0 Å². The van der Waals surface area contributed by atoms with Gasteiger partial charge < -0.3 is 14.1 Å². The first-order valence-corrected chi connectivity index (χ1v) is 10.6. The monoisotopic (exact) mass is 365 g/mol. The first kappa shape index (κ1) is 18.4. The van der Waals surface area contributed by atoms with Gasteiger partial charge in [-0.2, -0.15) is 0 Å². The van der Waals surface area contributed by atoms with Crippen LogP contribution in [0.3, 0.4) is 0 Å². The number of furan rings is 1. The molecule has 0 aliphatic carbocycles. The maximum Gasteiger partial charge on any atom is 0.135 e. The first-order chi connectivity index (χ1) is 13.3. The lowest BCUT2D eigenvalue weighted by atomic mass is 9.99. The third-order valence-electron chi connectivity index (χ3n) is 5.87. The van der Waals surface area contributed by atoms with Crippen molar-refractivity contribution in [2.45, 2.75) is 57.9 Å². The first-order valence-electron chi connectivity index (χ1n) is 10.6. The number of benzene rings is 2. The van der Waals surface area contributed by atoms with E-state index >= 15 is 0 Å². The molecule has 0 radical (unpaired) electrons. The second-order valence-electron chi connectivity index (χ2n) is 7.79. The summed E-state index contributed by atoms with van der Waals surface area (Å²) in [5.41, 5.74) is 1.87. The summed E-state index contributed by atoms with van der Waals surface area (Å²) in [7, 11) is 0. The predicted molar refractivity (Wildman–Crippen MR) is 113 cm³/mol. The van der Waals surface area contributed by atoms with Gasteiger partial charge in [-0.15, -0.1) is 0 Å². The molecule has 3 nitrogen and oxygen atoms in total. The fourth-order valence-corrected chi connectivity index (χ4v) is 4.35. The molecule has 1 unspecified atom stereocenters. The molecule has 1 aromatic heterocycles. The summed E-state index contributed by atoms with van der Waals surface area (Å²) in [6, 6.07) is 15.1. The average molecular weight is 366 g/mol. The fourth-order valence-electron chi connectivity index (χ4n) is 4.35. The third-order valence-corrected chi connectivity index (χ3v) is 5.87. The number of likely N-dealkylation sites (tertiary alicyclic amines) is 1. The lowest BCUT2D eigenvalue weighted by molar-refractivity contribution is 0.121. The lowest BCUT2D eigenvalue weighted by Gasteiger charge is -2.35. The van der Waals surface area contributed by atoms with Crippen molar-refractivity contribution in [3.8, 4) is 5.75 Å². The Labute approximate surface area is 162 Å². The summed E-state index contributed by atoms with van der Waals surface area (Å²) >= 11 is 0. The van der Waals surface area contributed by atoms with Crippen LogP contribution >= 0.6 is 0 Å². The molecule has 0 saturated carbocycles. The van der Waals surface area contributed by atoms with E-state index in [1.807, 2.05) is 24.3 Å². The van der Waals surface area contributed by atoms with Gasteiger partial charge >= 0.3 is 0 Å². The van der Waals surface area contributed by atoms with Crippen LogP contribution in [0.4, 0.5) is 0 Å². The highest BCUT2D eigenvalue weighted by Gasteiger charge is 2.21. The molecule has 1 atom stereocenters. The largest absolute Gasteiger partial charge is 0.494 e. The molecule has 27 heavy (non-hydrogen) atoms. The van der Waals surface area contributed by atoms with Gasteiger partial charge in [0.15, 0.2) is 0 Å². The van der Waals surface area contributed by atoms with Gasteiger partial charge in [0, 0.05) is 16.8 Å². The van der Waals surface area contributed by atoms with Gasteiger partial charge in [0.05, 0.1) is 6.61 Å². The van der Waals surface area contributed by atoms with Crippen molar-refractivity contribution in [2.24, 2.45) is 0 Å². The van der Waals surface area contributed by atoms with Crippen LogP contribution in [0.15, 0.2) is 46.9 Å². The highest BCUT2D eigenvalue weighted by Crippen LogP contribution is 2.31. The highest BCUT2D eigenvalue weighted by atomic mass is 16.5. The number of piperidine rings is 1. The Hall–Kier alpha value is -2.00. The van der Waals surface area contributed by atoms with Crippen molar-refractivity contribution in [3.63, 3.8) is 0 Å². The van der Waals surface area contributed by atoms with Gasteiger partial charge in [-0.1, -0.05) is 44.4 Å². The standard InChI is InChI=1S/C24H31NO2/c1-2-3-7-15-25-16-8-6-9-19(25)14-17-26-20-12-13-24-22(18-20)21-10-4-5-11-23(21)27-24/h4-5,10-13,18-19H,2-3,6-9,14-17H2,1H3. The minimum Gasteiger partial charge on any atom is -0.494 e. The maximum atomic E-state index is 6.14. The van der Waals surface area contributed by atoms with Crippen molar-refractivity contribution < 1.29 is 9.15 Å². The van der Waals surface area contributed by atoms with Crippen molar-refractivity contribution in [2.75, 3.05) is 19.7 Å². The van der Waals surface area contributed by atoms with E-state index < -0.39 is 0 Å². The van der Waals surface area contributed by atoms with Gasteiger partial charge in [0.2, 0.25) is 0 Å². The Bertz CT molecular complexity index is 869. The van der Waals surface area contributed by atoms with Gasteiger partial charge in [-0.05, 0) is 63.0 Å². The van der Waals surface area contributed by atoms with E-state index in [9.17, 15) is 0 Å². The smallest absolute Gasteiger partial charge is 0.135 e. The van der Waals surface area contributed by atoms with Crippen LogP contribution in [0.2, 0.25) is 0 Å². The zero-order valence-corrected chi connectivity index (χ0v) is 16.5. The molecule has 144 valence electrons. The Morgan fingerprint density at radius 1 is 1.04 bits per heavy atom. The molecule has 0 spiro atoms. The second-order valence-corrected chi connectivity index (χ2v) is 7.79. The van der Waals surface area contributed by atoms with E-state index in [0.29, 0.717) is 6.04 Å². The summed E-state index contributed by atoms with van der Waals surface area (Å²) in [5.74, 6) is 0.947. The summed E-state index contributed by atoms with van der Waals surface area (Å²) in [6.45, 7) is 5.59. The zero-order chi connectivity index (χ0) is 18.5. The number of nitrogens with zero attached hydrogens (tertiary/aromatic N) is 1. The van der Waals surface area contributed by atoms with Gasteiger partial charge in [0.25, 0.3) is 0 Å². The Morgan fingerprint density at radius 2 is 1.93 bits per heavy atom. The Balaban J connectivity index is 1.37. The van der Waals surface area contributed by atoms with Gasteiger partial charge in [0.1, 0.15) is 16.9 Å². The summed E-state index contributed by atoms with van der Waals surface area (Å²) < 4.78 is 12.0. The summed E-state index contributed by atoms with van der Waals surface area (Å²) in [5, 5.41) is 2.30. The van der Waals surface area contributed by atoms with Crippen LogP contribution in [0.25, 0.3) is 21.9 Å². The van der Waals surface area contributed by atoms with Crippen molar-refractivity contribution in [1.29, 1.82) is 0 Å². The molecule has 1 aliphatic rings. The number of rotatable bonds is 8. The number of fused-ring (bicyclic) bond motifs is 3. The van der Waals surface area contributed by atoms with Gasteiger partial charge in [-0.25, -0.2) is 0 Å². The molecule has 2 aromatic carbocycles. The molecule has 0 bridgehead atoms. The average Bonchev–Trinajstić information content (AvgIpc) is 3.07. The molecule has 1 saturated heterocycles. The molecule has 1 fully saturated rings. The molecule has 0 N–H and O–H groups in total. The van der Waals surface area contributed by atoms with E-state index in [-0.39, 0.29) is 0 Å². The number of hydrogen-bond donors (Lipinski definition) is 0. The third kappa shape index (κ3) is 4.30. The van der Waals surface area contributed by atoms with E-state index in [1.54, 1.807) is 0 Å². The predicted octanol–water partition coefficient (Wildman–Crippen LogP) is 6.40.